The number of nitro groups is 1. The van der Waals surface area contributed by atoms with E-state index in [4.69, 9.17) is 9.15 Å². The lowest BCUT2D eigenvalue weighted by molar-refractivity contribution is -0.384. The number of rotatable bonds is 5. The van der Waals surface area contributed by atoms with Gasteiger partial charge in [0.15, 0.2) is 0 Å². The molecule has 0 unspecified atom stereocenters. The Labute approximate surface area is 106 Å². The topological polar surface area (TPSA) is 65.5 Å². The third kappa shape index (κ3) is 3.27. The fourth-order valence-electron chi connectivity index (χ4n) is 1.52. The lowest BCUT2D eigenvalue weighted by Crippen LogP contribution is -2.07. The highest BCUT2D eigenvalue weighted by Crippen LogP contribution is 2.30. The van der Waals surface area contributed by atoms with E-state index >= 15 is 0 Å². The molecule has 1 heterocycles. The number of alkyl halides is 2. The second-order valence-electron chi connectivity index (χ2n) is 3.65. The summed E-state index contributed by atoms with van der Waals surface area (Å²) >= 11 is 0. The molecule has 2 aromatic rings. The summed E-state index contributed by atoms with van der Waals surface area (Å²) in [5.41, 5.74) is 0.140. The molecule has 100 valence electrons. The number of nitro benzene ring substituents is 1. The zero-order valence-corrected chi connectivity index (χ0v) is 9.58. The van der Waals surface area contributed by atoms with Crippen molar-refractivity contribution in [3.63, 3.8) is 0 Å². The smallest absolute Gasteiger partial charge is 0.273 e. The van der Waals surface area contributed by atoms with Gasteiger partial charge in [0, 0.05) is 11.6 Å². The van der Waals surface area contributed by atoms with Gasteiger partial charge >= 0.3 is 0 Å². The van der Waals surface area contributed by atoms with Crippen LogP contribution in [0, 0.1) is 10.1 Å². The Hall–Kier alpha value is -2.44. The molecule has 2 rings (SSSR count). The van der Waals surface area contributed by atoms with E-state index in [1.807, 2.05) is 0 Å². The molecular weight excluding hydrogens is 260 g/mol. The molecule has 1 aromatic heterocycles. The highest BCUT2D eigenvalue weighted by molar-refractivity contribution is 5.64. The maximum Gasteiger partial charge on any atom is 0.273 e. The van der Waals surface area contributed by atoms with Gasteiger partial charge in [0.1, 0.15) is 18.1 Å². The molecule has 0 N–H and O–H groups in total. The van der Waals surface area contributed by atoms with E-state index in [0.29, 0.717) is 11.3 Å². The van der Waals surface area contributed by atoms with Gasteiger partial charge < -0.3 is 9.15 Å². The predicted octanol–water partition coefficient (Wildman–Crippen LogP) is 3.50. The number of ether oxygens (including phenoxy) is 1. The van der Waals surface area contributed by atoms with Crippen LogP contribution in [-0.4, -0.2) is 18.0 Å². The minimum absolute atomic E-state index is 0.000833. The van der Waals surface area contributed by atoms with Crippen molar-refractivity contribution in [2.45, 2.75) is 6.43 Å². The van der Waals surface area contributed by atoms with Gasteiger partial charge in [-0.2, -0.15) is 0 Å². The molecule has 0 aliphatic rings. The van der Waals surface area contributed by atoms with Gasteiger partial charge in [0.05, 0.1) is 17.3 Å². The Morgan fingerprint density at radius 2 is 2.16 bits per heavy atom. The van der Waals surface area contributed by atoms with Crippen LogP contribution in [0.1, 0.15) is 0 Å². The number of furan rings is 1. The first-order chi connectivity index (χ1) is 9.06. The van der Waals surface area contributed by atoms with Crippen LogP contribution < -0.4 is 4.74 Å². The number of non-ortho nitro benzene ring substituents is 1. The predicted molar refractivity (Wildman–Crippen MR) is 62.3 cm³/mol. The molecule has 1 aromatic carbocycles. The highest BCUT2D eigenvalue weighted by Gasteiger charge is 2.14. The second kappa shape index (κ2) is 5.47. The molecular formula is C12H9F2NO4. The Bertz CT molecular complexity index is 569. The van der Waals surface area contributed by atoms with Gasteiger partial charge in [-0.05, 0) is 18.2 Å². The molecule has 0 saturated carbocycles. The normalized spacial score (nSPS) is 10.7. The van der Waals surface area contributed by atoms with Crippen molar-refractivity contribution in [3.05, 3.63) is 46.7 Å². The van der Waals surface area contributed by atoms with Crippen LogP contribution in [0.3, 0.4) is 0 Å². The fourth-order valence-corrected chi connectivity index (χ4v) is 1.52. The number of hydrogen-bond acceptors (Lipinski definition) is 4. The summed E-state index contributed by atoms with van der Waals surface area (Å²) in [6, 6.07) is 7.01. The monoisotopic (exact) mass is 269 g/mol. The molecule has 0 spiro atoms. The van der Waals surface area contributed by atoms with E-state index in [1.165, 1.54) is 18.4 Å². The van der Waals surface area contributed by atoms with Crippen molar-refractivity contribution < 1.29 is 22.9 Å². The van der Waals surface area contributed by atoms with Gasteiger partial charge in [-0.1, -0.05) is 0 Å². The summed E-state index contributed by atoms with van der Waals surface area (Å²) < 4.78 is 34.1. The lowest BCUT2D eigenvalue weighted by atomic mass is 10.1. The first-order valence-electron chi connectivity index (χ1n) is 5.30. The zero-order chi connectivity index (χ0) is 13.8. The van der Waals surface area contributed by atoms with Crippen LogP contribution in [0.2, 0.25) is 0 Å². The minimum Gasteiger partial charge on any atom is -0.487 e. The van der Waals surface area contributed by atoms with Gasteiger partial charge in [-0.15, -0.1) is 0 Å². The van der Waals surface area contributed by atoms with Gasteiger partial charge in [0.25, 0.3) is 12.1 Å². The molecule has 0 bridgehead atoms. The van der Waals surface area contributed by atoms with Crippen molar-refractivity contribution in [1.29, 1.82) is 0 Å². The van der Waals surface area contributed by atoms with E-state index < -0.39 is 18.0 Å². The molecule has 5 nitrogen and oxygen atoms in total. The third-order valence-corrected chi connectivity index (χ3v) is 2.28. The number of nitrogens with zero attached hydrogens (tertiary/aromatic N) is 1. The van der Waals surface area contributed by atoms with Gasteiger partial charge in [0.2, 0.25) is 0 Å². The third-order valence-electron chi connectivity index (χ3n) is 2.28. The summed E-state index contributed by atoms with van der Waals surface area (Å²) in [7, 11) is 0. The lowest BCUT2D eigenvalue weighted by Gasteiger charge is -2.07. The van der Waals surface area contributed by atoms with Crippen molar-refractivity contribution >= 4 is 5.69 Å². The SMILES string of the molecule is O=[N+]([O-])c1cc(OCC(F)F)cc(-c2ccco2)c1. The van der Waals surface area contributed by atoms with E-state index in [9.17, 15) is 18.9 Å². The van der Waals surface area contributed by atoms with Crippen molar-refractivity contribution in [2.75, 3.05) is 6.61 Å². The summed E-state index contributed by atoms with van der Waals surface area (Å²) in [6.07, 6.45) is -1.24. The molecule has 0 amide bonds. The summed E-state index contributed by atoms with van der Waals surface area (Å²) in [6.45, 7) is -0.821. The largest absolute Gasteiger partial charge is 0.487 e. The van der Waals surface area contributed by atoms with E-state index in [2.05, 4.69) is 0 Å². The molecule has 0 radical (unpaired) electrons. The Kier molecular flexibility index (Phi) is 3.74. The molecule has 0 saturated heterocycles. The van der Waals surface area contributed by atoms with Crippen molar-refractivity contribution in [1.82, 2.24) is 0 Å². The van der Waals surface area contributed by atoms with E-state index in [0.717, 1.165) is 6.07 Å². The molecule has 0 atom stereocenters. The van der Waals surface area contributed by atoms with Crippen LogP contribution in [0.5, 0.6) is 5.75 Å². The van der Waals surface area contributed by atoms with Crippen molar-refractivity contribution in [3.8, 4) is 17.1 Å². The molecule has 0 fully saturated rings. The van der Waals surface area contributed by atoms with Crippen LogP contribution in [0.15, 0.2) is 41.0 Å². The Morgan fingerprint density at radius 3 is 2.74 bits per heavy atom. The first-order valence-corrected chi connectivity index (χ1v) is 5.30. The fraction of sp³-hybridized carbons (Fsp3) is 0.167. The average molecular weight is 269 g/mol. The summed E-state index contributed by atoms with van der Waals surface area (Å²) in [5.74, 6) is 0.395. The van der Waals surface area contributed by atoms with Crippen LogP contribution in [0.4, 0.5) is 14.5 Å². The number of benzene rings is 1. The Morgan fingerprint density at radius 1 is 1.37 bits per heavy atom. The number of halogens is 2. The van der Waals surface area contributed by atoms with Crippen LogP contribution in [-0.2, 0) is 0 Å². The maximum atomic E-state index is 12.1. The quantitative estimate of drug-likeness (QED) is 0.615. The molecule has 7 heteroatoms. The van der Waals surface area contributed by atoms with Gasteiger partial charge in [-0.3, -0.25) is 10.1 Å². The zero-order valence-electron chi connectivity index (χ0n) is 9.58. The Balaban J connectivity index is 2.35. The van der Waals surface area contributed by atoms with Crippen LogP contribution >= 0.6 is 0 Å². The average Bonchev–Trinajstić information content (AvgIpc) is 2.89. The van der Waals surface area contributed by atoms with Gasteiger partial charge in [-0.25, -0.2) is 8.78 Å². The number of hydrogen-bond donors (Lipinski definition) is 0. The second-order valence-corrected chi connectivity index (χ2v) is 3.65. The molecule has 0 aliphatic heterocycles. The van der Waals surface area contributed by atoms with E-state index in [1.54, 1.807) is 12.1 Å². The first kappa shape index (κ1) is 13.0. The molecule has 19 heavy (non-hydrogen) atoms. The van der Waals surface area contributed by atoms with E-state index in [-0.39, 0.29) is 11.4 Å². The minimum atomic E-state index is -2.65. The standard InChI is InChI=1S/C12H9F2NO4/c13-12(14)7-19-10-5-8(11-2-1-3-18-11)4-9(6-10)15(16)17/h1-6,12H,7H2. The highest BCUT2D eigenvalue weighted by atomic mass is 19.3. The van der Waals surface area contributed by atoms with Crippen molar-refractivity contribution in [2.24, 2.45) is 0 Å². The summed E-state index contributed by atoms with van der Waals surface area (Å²) in [5, 5.41) is 10.8. The molecule has 0 aliphatic carbocycles. The summed E-state index contributed by atoms with van der Waals surface area (Å²) in [4.78, 5) is 10.2. The maximum absolute atomic E-state index is 12.1. The van der Waals surface area contributed by atoms with Crippen LogP contribution in [0.25, 0.3) is 11.3 Å².